The molecule has 0 aromatic carbocycles. The molecule has 1 aliphatic rings. The van der Waals surface area contributed by atoms with Crippen molar-refractivity contribution in [3.05, 3.63) is 0 Å². The van der Waals surface area contributed by atoms with E-state index in [1.807, 2.05) is 13.8 Å². The number of carbonyl (C=O) groups excluding carboxylic acids is 1. The maximum atomic E-state index is 9.70. The first kappa shape index (κ1) is 19.9. The third-order valence-corrected chi connectivity index (χ3v) is 2.84. The Morgan fingerprint density at radius 3 is 2.22 bits per heavy atom. The smallest absolute Gasteiger partial charge is 0.119 e. The Balaban J connectivity index is 0. The van der Waals surface area contributed by atoms with E-state index in [2.05, 4.69) is 23.7 Å². The Morgan fingerprint density at radius 2 is 1.83 bits per heavy atom. The molecule has 1 heterocycles. The summed E-state index contributed by atoms with van der Waals surface area (Å²) in [5.41, 5.74) is 0. The maximum absolute atomic E-state index is 9.70. The summed E-state index contributed by atoms with van der Waals surface area (Å²) in [7, 11) is 2.20. The van der Waals surface area contributed by atoms with Crippen molar-refractivity contribution < 1.29 is 9.63 Å². The van der Waals surface area contributed by atoms with Crippen molar-refractivity contribution in [2.45, 2.75) is 52.9 Å². The van der Waals surface area contributed by atoms with Crippen LogP contribution in [0.4, 0.5) is 0 Å². The van der Waals surface area contributed by atoms with Crippen LogP contribution in [0.5, 0.6) is 0 Å². The molecule has 0 radical (unpaired) electrons. The van der Waals surface area contributed by atoms with Gasteiger partial charge in [-0.25, -0.2) is 5.90 Å². The van der Waals surface area contributed by atoms with Crippen LogP contribution in [0.1, 0.15) is 52.9 Å². The highest BCUT2D eigenvalue weighted by Gasteiger charge is 2.10. The fraction of sp³-hybridized carbons (Fsp3) is 0.929. The van der Waals surface area contributed by atoms with Crippen molar-refractivity contribution in [1.29, 1.82) is 0 Å². The van der Waals surface area contributed by atoms with E-state index in [-0.39, 0.29) is 0 Å². The number of carbonyl (C=O) groups is 1. The molecule has 2 N–H and O–H groups in total. The van der Waals surface area contributed by atoms with Crippen molar-refractivity contribution in [3.8, 4) is 0 Å². The highest BCUT2D eigenvalue weighted by atomic mass is 16.6. The summed E-state index contributed by atoms with van der Waals surface area (Å²) in [5, 5.41) is 0. The lowest BCUT2D eigenvalue weighted by molar-refractivity contribution is -0.108. The number of likely N-dealkylation sites (tertiary alicyclic amines) is 1. The molecule has 110 valence electrons. The molecule has 1 saturated heterocycles. The first-order chi connectivity index (χ1) is 8.70. The highest BCUT2D eigenvalue weighted by Crippen LogP contribution is 2.13. The number of piperidine rings is 1. The largest absolute Gasteiger partial charge is 0.306 e. The molecule has 4 heteroatoms. The van der Waals surface area contributed by atoms with Gasteiger partial charge in [0, 0.05) is 6.42 Å². The van der Waals surface area contributed by atoms with Crippen LogP contribution in [-0.4, -0.2) is 37.9 Å². The van der Waals surface area contributed by atoms with Crippen LogP contribution in [0, 0.1) is 5.92 Å². The number of aldehydes is 1. The van der Waals surface area contributed by atoms with E-state index in [4.69, 9.17) is 5.90 Å². The van der Waals surface area contributed by atoms with Crippen molar-refractivity contribution in [2.24, 2.45) is 11.8 Å². The third-order valence-electron chi connectivity index (χ3n) is 2.84. The number of nitrogens with zero attached hydrogens (tertiary/aromatic N) is 1. The molecule has 1 fully saturated rings. The Bertz CT molecular complexity index is 148. The summed E-state index contributed by atoms with van der Waals surface area (Å²) >= 11 is 0. The van der Waals surface area contributed by atoms with E-state index >= 15 is 0 Å². The van der Waals surface area contributed by atoms with E-state index in [1.54, 1.807) is 0 Å². The zero-order valence-corrected chi connectivity index (χ0v) is 12.7. The maximum Gasteiger partial charge on any atom is 0.119 e. The third kappa shape index (κ3) is 15.6. The van der Waals surface area contributed by atoms with Gasteiger partial charge in [0.15, 0.2) is 0 Å². The Kier molecular flexibility index (Phi) is 18.3. The van der Waals surface area contributed by atoms with Gasteiger partial charge in [0.05, 0.1) is 6.61 Å². The number of hydrogen-bond donors (Lipinski definition) is 1. The van der Waals surface area contributed by atoms with Crippen LogP contribution >= 0.6 is 0 Å². The van der Waals surface area contributed by atoms with Crippen LogP contribution in [-0.2, 0) is 9.63 Å². The van der Waals surface area contributed by atoms with Gasteiger partial charge in [0.2, 0.25) is 0 Å². The zero-order chi connectivity index (χ0) is 14.2. The summed E-state index contributed by atoms with van der Waals surface area (Å²) in [5.74, 6) is 5.70. The molecule has 18 heavy (non-hydrogen) atoms. The standard InChI is InChI=1S/C7H15N.C5H11NO2.C2H6/c1-7-3-5-8(2)6-4-7;6-8-5-3-1-2-4-7;1-2/h7H,3-6H2,1-2H3;4H,1-3,5-6H2;1-2H3. The number of unbranched alkanes of at least 4 members (excludes halogenated alkanes) is 2. The van der Waals surface area contributed by atoms with E-state index in [9.17, 15) is 4.79 Å². The van der Waals surface area contributed by atoms with Crippen LogP contribution in [0.2, 0.25) is 0 Å². The summed E-state index contributed by atoms with van der Waals surface area (Å²) in [6.07, 6.45) is 6.06. The summed E-state index contributed by atoms with van der Waals surface area (Å²) in [4.78, 5) is 16.4. The number of nitrogens with two attached hydrogens (primary N) is 1. The molecule has 1 aliphatic heterocycles. The van der Waals surface area contributed by atoms with Gasteiger partial charge >= 0.3 is 0 Å². The fourth-order valence-electron chi connectivity index (χ4n) is 1.55. The average Bonchev–Trinajstić information content (AvgIpc) is 2.41. The van der Waals surface area contributed by atoms with Crippen LogP contribution in [0.25, 0.3) is 0 Å². The SMILES string of the molecule is CC.CC1CCN(C)CC1.NOCCCCC=O. The average molecular weight is 260 g/mol. The Hall–Kier alpha value is -0.450. The number of rotatable bonds is 5. The Morgan fingerprint density at radius 1 is 1.28 bits per heavy atom. The molecular formula is C14H32N2O2. The normalized spacial score (nSPS) is 16.1. The quantitative estimate of drug-likeness (QED) is 0.469. The lowest BCUT2D eigenvalue weighted by Gasteiger charge is -2.26. The lowest BCUT2D eigenvalue weighted by Crippen LogP contribution is -2.28. The molecule has 4 nitrogen and oxygen atoms in total. The monoisotopic (exact) mass is 260 g/mol. The summed E-state index contributed by atoms with van der Waals surface area (Å²) < 4.78 is 0. The second-order valence-corrected chi connectivity index (χ2v) is 4.52. The lowest BCUT2D eigenvalue weighted by atomic mass is 10.00. The van der Waals surface area contributed by atoms with Crippen molar-refractivity contribution in [1.82, 2.24) is 4.90 Å². The molecule has 0 aromatic rings. The predicted molar refractivity (Wildman–Crippen MR) is 77.3 cm³/mol. The molecule has 1 rings (SSSR count). The van der Waals surface area contributed by atoms with Gasteiger partial charge in [-0.15, -0.1) is 0 Å². The minimum atomic E-state index is 0.549. The van der Waals surface area contributed by atoms with E-state index in [0.717, 1.165) is 25.0 Å². The number of hydrogen-bond acceptors (Lipinski definition) is 4. The molecule has 0 atom stereocenters. The van der Waals surface area contributed by atoms with E-state index < -0.39 is 0 Å². The van der Waals surface area contributed by atoms with Crippen LogP contribution < -0.4 is 5.90 Å². The first-order valence-corrected chi connectivity index (χ1v) is 7.14. The van der Waals surface area contributed by atoms with Crippen LogP contribution in [0.15, 0.2) is 0 Å². The predicted octanol–water partition coefficient (Wildman–Crippen LogP) is 2.62. The Labute approximate surface area is 113 Å². The minimum absolute atomic E-state index is 0.549. The molecule has 0 unspecified atom stereocenters. The second kappa shape index (κ2) is 16.6. The molecule has 0 bridgehead atoms. The van der Waals surface area contributed by atoms with Gasteiger partial charge in [-0.2, -0.15) is 0 Å². The molecule has 0 saturated carbocycles. The molecule has 0 aliphatic carbocycles. The zero-order valence-electron chi connectivity index (χ0n) is 12.7. The summed E-state index contributed by atoms with van der Waals surface area (Å²) in [6.45, 7) is 9.50. The first-order valence-electron chi connectivity index (χ1n) is 7.14. The minimum Gasteiger partial charge on any atom is -0.306 e. The summed E-state index contributed by atoms with van der Waals surface area (Å²) in [6, 6.07) is 0. The molecule has 0 amide bonds. The molecular weight excluding hydrogens is 228 g/mol. The van der Waals surface area contributed by atoms with Gasteiger partial charge in [0.1, 0.15) is 6.29 Å². The van der Waals surface area contributed by atoms with Crippen molar-refractivity contribution >= 4 is 6.29 Å². The van der Waals surface area contributed by atoms with Crippen molar-refractivity contribution in [2.75, 3.05) is 26.7 Å². The van der Waals surface area contributed by atoms with Crippen molar-refractivity contribution in [3.63, 3.8) is 0 Å². The fourth-order valence-corrected chi connectivity index (χ4v) is 1.55. The second-order valence-electron chi connectivity index (χ2n) is 4.52. The molecule has 0 aromatic heterocycles. The highest BCUT2D eigenvalue weighted by molar-refractivity contribution is 5.48. The molecule has 0 spiro atoms. The van der Waals surface area contributed by atoms with Gasteiger partial charge in [-0.1, -0.05) is 20.8 Å². The van der Waals surface area contributed by atoms with Gasteiger partial charge in [-0.3, -0.25) is 0 Å². The van der Waals surface area contributed by atoms with Crippen LogP contribution in [0.3, 0.4) is 0 Å². The van der Waals surface area contributed by atoms with E-state index in [1.165, 1.54) is 25.9 Å². The topological polar surface area (TPSA) is 55.6 Å². The van der Waals surface area contributed by atoms with E-state index in [0.29, 0.717) is 13.0 Å². The van der Waals surface area contributed by atoms with Gasteiger partial charge in [-0.05, 0) is 51.7 Å². The van der Waals surface area contributed by atoms with Gasteiger partial charge in [0.25, 0.3) is 0 Å². The van der Waals surface area contributed by atoms with Gasteiger partial charge < -0.3 is 14.5 Å².